The van der Waals surface area contributed by atoms with Crippen molar-refractivity contribution in [3.05, 3.63) is 81.3 Å². The minimum absolute atomic E-state index is 0.128. The van der Waals surface area contributed by atoms with Crippen LogP contribution in [0.5, 0.6) is 5.75 Å². The van der Waals surface area contributed by atoms with Crippen LogP contribution in [0.3, 0.4) is 0 Å². The number of rotatable bonds is 7. The van der Waals surface area contributed by atoms with Gasteiger partial charge in [-0.3, -0.25) is 14.5 Å². The first-order chi connectivity index (χ1) is 18.3. The molecule has 2 aliphatic heterocycles. The predicted molar refractivity (Wildman–Crippen MR) is 152 cm³/mol. The fourth-order valence-corrected chi connectivity index (χ4v) is 5.46. The van der Waals surface area contributed by atoms with Gasteiger partial charge in [0.1, 0.15) is 12.3 Å². The van der Waals surface area contributed by atoms with Gasteiger partial charge in [-0.1, -0.05) is 65.1 Å². The van der Waals surface area contributed by atoms with Crippen molar-refractivity contribution >= 4 is 52.3 Å². The highest BCUT2D eigenvalue weighted by molar-refractivity contribution is 6.42. The van der Waals surface area contributed by atoms with Crippen molar-refractivity contribution in [2.75, 3.05) is 44.7 Å². The molecule has 2 aliphatic rings. The van der Waals surface area contributed by atoms with E-state index in [0.717, 1.165) is 42.6 Å². The standard InChI is InChI=1S/C29H28Cl3N3O3/c1-33(28(36)17-35-25-14-23(31)24(32)15-27(25)38-18-29(35)37)26(16-34-11-2-3-12-34)21-6-4-5-20(13-21)19-7-9-22(30)10-8-19/h4-10,13-15,26H,2-3,11-12,16-18H2,1H3. The van der Waals surface area contributed by atoms with Crippen molar-refractivity contribution < 1.29 is 14.3 Å². The van der Waals surface area contributed by atoms with Gasteiger partial charge < -0.3 is 14.5 Å². The van der Waals surface area contributed by atoms with Crippen LogP contribution in [0.25, 0.3) is 11.1 Å². The van der Waals surface area contributed by atoms with Crippen LogP contribution in [0.4, 0.5) is 5.69 Å². The average Bonchev–Trinajstić information content (AvgIpc) is 3.43. The summed E-state index contributed by atoms with van der Waals surface area (Å²) in [6.07, 6.45) is 2.30. The van der Waals surface area contributed by atoms with Crippen LogP contribution in [0, 0.1) is 0 Å². The molecule has 0 bridgehead atoms. The molecule has 0 aromatic heterocycles. The zero-order valence-corrected chi connectivity index (χ0v) is 23.3. The number of anilines is 1. The number of amides is 2. The summed E-state index contributed by atoms with van der Waals surface area (Å²) in [5, 5.41) is 1.31. The second-order valence-corrected chi connectivity index (χ2v) is 10.9. The molecule has 3 aromatic rings. The first-order valence-corrected chi connectivity index (χ1v) is 13.7. The summed E-state index contributed by atoms with van der Waals surface area (Å²) < 4.78 is 5.54. The Morgan fingerprint density at radius 3 is 2.42 bits per heavy atom. The molecule has 0 spiro atoms. The third-order valence-corrected chi connectivity index (χ3v) is 8.15. The molecule has 0 aliphatic carbocycles. The van der Waals surface area contributed by atoms with Gasteiger partial charge >= 0.3 is 0 Å². The normalized spacial score (nSPS) is 16.2. The Hall–Kier alpha value is -2.77. The van der Waals surface area contributed by atoms with E-state index in [4.69, 9.17) is 39.5 Å². The van der Waals surface area contributed by atoms with Gasteiger partial charge in [0.15, 0.2) is 6.61 Å². The minimum Gasteiger partial charge on any atom is -0.482 e. The van der Waals surface area contributed by atoms with E-state index in [2.05, 4.69) is 23.1 Å². The summed E-state index contributed by atoms with van der Waals surface area (Å²) in [6.45, 7) is 2.43. The van der Waals surface area contributed by atoms with E-state index in [1.807, 2.05) is 30.3 Å². The van der Waals surface area contributed by atoms with Gasteiger partial charge in [-0.05, 0) is 66.9 Å². The molecule has 0 radical (unpaired) electrons. The first kappa shape index (κ1) is 26.8. The van der Waals surface area contributed by atoms with E-state index in [0.29, 0.717) is 33.0 Å². The highest BCUT2D eigenvalue weighted by atomic mass is 35.5. The molecular formula is C29H28Cl3N3O3. The second kappa shape index (κ2) is 11.5. The molecule has 5 rings (SSSR count). The lowest BCUT2D eigenvalue weighted by atomic mass is 9.98. The summed E-state index contributed by atoms with van der Waals surface area (Å²) in [4.78, 5) is 32.1. The summed E-state index contributed by atoms with van der Waals surface area (Å²) >= 11 is 18.5. The molecule has 2 amide bonds. The highest BCUT2D eigenvalue weighted by Crippen LogP contribution is 2.39. The Morgan fingerprint density at radius 1 is 0.974 bits per heavy atom. The molecule has 0 saturated carbocycles. The number of halogens is 3. The van der Waals surface area contributed by atoms with Gasteiger partial charge in [-0.15, -0.1) is 0 Å². The quantitative estimate of drug-likeness (QED) is 0.332. The van der Waals surface area contributed by atoms with Gasteiger partial charge in [-0.2, -0.15) is 0 Å². The number of hydrogen-bond donors (Lipinski definition) is 0. The molecule has 1 unspecified atom stereocenters. The number of likely N-dealkylation sites (N-methyl/N-ethyl adjacent to an activating group) is 1. The fraction of sp³-hybridized carbons (Fsp3) is 0.310. The van der Waals surface area contributed by atoms with Crippen LogP contribution in [0.1, 0.15) is 24.4 Å². The molecule has 1 fully saturated rings. The molecular weight excluding hydrogens is 545 g/mol. The number of hydrogen-bond acceptors (Lipinski definition) is 4. The Kier molecular flexibility index (Phi) is 8.15. The fourth-order valence-electron chi connectivity index (χ4n) is 5.02. The van der Waals surface area contributed by atoms with Crippen molar-refractivity contribution in [1.29, 1.82) is 0 Å². The lowest BCUT2D eigenvalue weighted by molar-refractivity contribution is -0.133. The van der Waals surface area contributed by atoms with Crippen molar-refractivity contribution in [2.45, 2.75) is 18.9 Å². The number of ether oxygens (including phenoxy) is 1. The Morgan fingerprint density at radius 2 is 1.68 bits per heavy atom. The number of fused-ring (bicyclic) bond motifs is 1. The SMILES string of the molecule is CN(C(=O)CN1C(=O)COc2cc(Cl)c(Cl)cc21)C(CN1CCCC1)c1cccc(-c2ccc(Cl)cc2)c1. The molecule has 198 valence electrons. The van der Waals surface area contributed by atoms with E-state index >= 15 is 0 Å². The molecule has 0 N–H and O–H groups in total. The third-order valence-electron chi connectivity index (χ3n) is 7.18. The maximum atomic E-state index is 13.7. The number of likely N-dealkylation sites (tertiary alicyclic amines) is 1. The van der Waals surface area contributed by atoms with Crippen LogP contribution in [-0.2, 0) is 9.59 Å². The van der Waals surface area contributed by atoms with Crippen molar-refractivity contribution in [3.8, 4) is 16.9 Å². The van der Waals surface area contributed by atoms with Gasteiger partial charge in [0.2, 0.25) is 5.91 Å². The van der Waals surface area contributed by atoms with E-state index in [-0.39, 0.29) is 31.0 Å². The smallest absolute Gasteiger partial charge is 0.265 e. The van der Waals surface area contributed by atoms with Crippen LogP contribution < -0.4 is 9.64 Å². The second-order valence-electron chi connectivity index (χ2n) is 9.66. The minimum atomic E-state index is -0.307. The average molecular weight is 573 g/mol. The molecule has 9 heteroatoms. The summed E-state index contributed by atoms with van der Waals surface area (Å²) in [6, 6.07) is 18.9. The van der Waals surface area contributed by atoms with Gasteiger partial charge in [0.05, 0.1) is 21.8 Å². The molecule has 6 nitrogen and oxygen atoms in total. The van der Waals surface area contributed by atoms with E-state index in [9.17, 15) is 9.59 Å². The lowest BCUT2D eigenvalue weighted by Gasteiger charge is -2.35. The predicted octanol–water partition coefficient (Wildman–Crippen LogP) is 6.33. The van der Waals surface area contributed by atoms with Crippen molar-refractivity contribution in [2.24, 2.45) is 0 Å². The summed E-state index contributed by atoms with van der Waals surface area (Å²) in [7, 11) is 1.80. The Bertz CT molecular complexity index is 1340. The number of carbonyl (C=O) groups excluding carboxylic acids is 2. The van der Waals surface area contributed by atoms with Gasteiger partial charge in [-0.25, -0.2) is 0 Å². The van der Waals surface area contributed by atoms with Crippen LogP contribution in [-0.4, -0.2) is 61.4 Å². The first-order valence-electron chi connectivity index (χ1n) is 12.6. The number of carbonyl (C=O) groups is 2. The Labute approximate surface area is 237 Å². The maximum absolute atomic E-state index is 13.7. The van der Waals surface area contributed by atoms with Crippen LogP contribution >= 0.6 is 34.8 Å². The summed E-state index contributed by atoms with van der Waals surface area (Å²) in [5.74, 6) is -0.0597. The van der Waals surface area contributed by atoms with Crippen LogP contribution in [0.15, 0.2) is 60.7 Å². The topological polar surface area (TPSA) is 53.1 Å². The lowest BCUT2D eigenvalue weighted by Crippen LogP contribution is -2.47. The monoisotopic (exact) mass is 571 g/mol. The van der Waals surface area contributed by atoms with Gasteiger partial charge in [0.25, 0.3) is 5.91 Å². The zero-order valence-electron chi connectivity index (χ0n) is 21.0. The number of nitrogens with zero attached hydrogens (tertiary/aromatic N) is 3. The number of benzene rings is 3. The van der Waals surface area contributed by atoms with Gasteiger partial charge in [0, 0.05) is 24.7 Å². The molecule has 3 aromatic carbocycles. The van der Waals surface area contributed by atoms with Crippen molar-refractivity contribution in [1.82, 2.24) is 9.80 Å². The highest BCUT2D eigenvalue weighted by Gasteiger charge is 2.32. The third kappa shape index (κ3) is 5.79. The van der Waals surface area contributed by atoms with E-state index in [1.54, 1.807) is 24.1 Å². The molecule has 2 heterocycles. The molecule has 38 heavy (non-hydrogen) atoms. The molecule has 1 saturated heterocycles. The van der Waals surface area contributed by atoms with E-state index < -0.39 is 0 Å². The van der Waals surface area contributed by atoms with Crippen molar-refractivity contribution in [3.63, 3.8) is 0 Å². The zero-order chi connectivity index (χ0) is 26.8. The molecule has 1 atom stereocenters. The van der Waals surface area contributed by atoms with E-state index in [1.165, 1.54) is 4.90 Å². The largest absolute Gasteiger partial charge is 0.482 e. The van der Waals surface area contributed by atoms with Crippen LogP contribution in [0.2, 0.25) is 15.1 Å². The maximum Gasteiger partial charge on any atom is 0.265 e. The Balaban J connectivity index is 1.42. The summed E-state index contributed by atoms with van der Waals surface area (Å²) in [5.41, 5.74) is 3.58.